The summed E-state index contributed by atoms with van der Waals surface area (Å²) in [6.07, 6.45) is 0.500. The highest BCUT2D eigenvalue weighted by Crippen LogP contribution is 2.32. The van der Waals surface area contributed by atoms with Crippen LogP contribution >= 0.6 is 0 Å². The molecule has 1 aliphatic heterocycles. The van der Waals surface area contributed by atoms with E-state index in [9.17, 15) is 14.9 Å². The number of carboxylic acids is 1. The fourth-order valence-corrected chi connectivity index (χ4v) is 2.51. The minimum Gasteiger partial charge on any atom is -0.481 e. The summed E-state index contributed by atoms with van der Waals surface area (Å²) in [4.78, 5) is 27.2. The number of rotatable bonds is 4. The molecule has 1 aromatic heterocycles. The summed E-state index contributed by atoms with van der Waals surface area (Å²) < 4.78 is 1.75. The number of aliphatic carboxylic acids is 1. The largest absolute Gasteiger partial charge is 0.481 e. The van der Waals surface area contributed by atoms with Gasteiger partial charge in [-0.25, -0.2) is 0 Å². The Labute approximate surface area is 109 Å². The van der Waals surface area contributed by atoms with Gasteiger partial charge in [-0.1, -0.05) is 0 Å². The molecule has 1 fully saturated rings. The molecule has 2 rings (SSSR count). The van der Waals surface area contributed by atoms with Gasteiger partial charge in [0, 0.05) is 26.6 Å². The maximum absolute atomic E-state index is 11.1. The van der Waals surface area contributed by atoms with Gasteiger partial charge >= 0.3 is 11.8 Å². The zero-order valence-electron chi connectivity index (χ0n) is 10.9. The van der Waals surface area contributed by atoms with E-state index >= 15 is 0 Å². The Morgan fingerprint density at radius 3 is 2.79 bits per heavy atom. The van der Waals surface area contributed by atoms with Crippen LogP contribution in [0.5, 0.6) is 0 Å². The molecular formula is C11H16N4O4. The Hall–Kier alpha value is -2.12. The molecule has 0 aliphatic carbocycles. The number of anilines is 1. The number of nitrogens with zero attached hydrogens (tertiary/aromatic N) is 4. The lowest BCUT2D eigenvalue weighted by atomic mass is 10.1. The highest BCUT2D eigenvalue weighted by atomic mass is 16.6. The number of aromatic nitrogens is 2. The van der Waals surface area contributed by atoms with Crippen molar-refractivity contribution in [2.75, 3.05) is 18.0 Å². The Bertz CT molecular complexity index is 525. The van der Waals surface area contributed by atoms with Gasteiger partial charge in [0.25, 0.3) is 0 Å². The number of hydrogen-bond donors (Lipinski definition) is 1. The Morgan fingerprint density at radius 2 is 2.32 bits per heavy atom. The average molecular weight is 268 g/mol. The van der Waals surface area contributed by atoms with E-state index in [1.54, 1.807) is 16.4 Å². The monoisotopic (exact) mass is 268 g/mol. The molecule has 2 heterocycles. The standard InChI is InChI=1S/C11H16N4O4/c1-3-14-7(2)12-9(15(18)19)10(14)13-5-4-8(6-13)11(16)17/h8H,3-6H2,1-2H3,(H,16,17). The van der Waals surface area contributed by atoms with Gasteiger partial charge in [-0.2, -0.15) is 0 Å². The predicted octanol–water partition coefficient (Wildman–Crippen LogP) is 1.03. The minimum absolute atomic E-state index is 0.189. The van der Waals surface area contributed by atoms with Crippen molar-refractivity contribution in [2.45, 2.75) is 26.8 Å². The maximum Gasteiger partial charge on any atom is 0.406 e. The molecule has 1 aliphatic rings. The molecule has 1 N–H and O–H groups in total. The topological polar surface area (TPSA) is 101 Å². The van der Waals surface area contributed by atoms with E-state index in [0.29, 0.717) is 37.7 Å². The third kappa shape index (κ3) is 2.25. The van der Waals surface area contributed by atoms with Gasteiger partial charge in [-0.05, 0) is 23.3 Å². The molecule has 8 nitrogen and oxygen atoms in total. The van der Waals surface area contributed by atoms with Crippen molar-refractivity contribution >= 4 is 17.6 Å². The second-order valence-corrected chi connectivity index (χ2v) is 4.58. The fourth-order valence-electron chi connectivity index (χ4n) is 2.51. The van der Waals surface area contributed by atoms with Gasteiger partial charge in [0.15, 0.2) is 0 Å². The highest BCUT2D eigenvalue weighted by molar-refractivity contribution is 5.72. The zero-order valence-corrected chi connectivity index (χ0v) is 10.9. The van der Waals surface area contributed by atoms with Gasteiger partial charge in [0.05, 0.1) is 5.92 Å². The molecule has 0 aromatic carbocycles. The number of imidazole rings is 1. The van der Waals surface area contributed by atoms with E-state index in [2.05, 4.69) is 4.98 Å². The molecule has 0 amide bonds. The zero-order chi connectivity index (χ0) is 14.2. The second-order valence-electron chi connectivity index (χ2n) is 4.58. The first-order valence-corrected chi connectivity index (χ1v) is 6.15. The van der Waals surface area contributed by atoms with Crippen LogP contribution in [0.15, 0.2) is 0 Å². The van der Waals surface area contributed by atoms with Crippen LogP contribution in [-0.2, 0) is 11.3 Å². The van der Waals surface area contributed by atoms with Crippen LogP contribution in [0, 0.1) is 23.0 Å². The van der Waals surface area contributed by atoms with Crippen LogP contribution in [0.25, 0.3) is 0 Å². The van der Waals surface area contributed by atoms with Crippen molar-refractivity contribution in [3.63, 3.8) is 0 Å². The van der Waals surface area contributed by atoms with Crippen molar-refractivity contribution in [3.8, 4) is 0 Å². The third-order valence-corrected chi connectivity index (χ3v) is 3.44. The molecule has 1 saturated heterocycles. The van der Waals surface area contributed by atoms with Crippen LogP contribution < -0.4 is 4.90 Å². The van der Waals surface area contributed by atoms with E-state index in [1.165, 1.54) is 0 Å². The lowest BCUT2D eigenvalue weighted by molar-refractivity contribution is -0.388. The Balaban J connectivity index is 2.39. The summed E-state index contributed by atoms with van der Waals surface area (Å²) in [5.74, 6) is -0.522. The molecule has 1 atom stereocenters. The molecule has 8 heteroatoms. The number of carbonyl (C=O) groups is 1. The number of hydrogen-bond acceptors (Lipinski definition) is 5. The first-order valence-electron chi connectivity index (χ1n) is 6.15. The van der Waals surface area contributed by atoms with Crippen LogP contribution in [0.3, 0.4) is 0 Å². The molecule has 0 spiro atoms. The fraction of sp³-hybridized carbons (Fsp3) is 0.636. The van der Waals surface area contributed by atoms with Crippen molar-refractivity contribution in [2.24, 2.45) is 5.92 Å². The Kier molecular flexibility index (Phi) is 3.41. The quantitative estimate of drug-likeness (QED) is 0.646. The van der Waals surface area contributed by atoms with Crippen LogP contribution in [0.2, 0.25) is 0 Å². The molecule has 0 radical (unpaired) electrons. The van der Waals surface area contributed by atoms with Crippen molar-refractivity contribution in [1.82, 2.24) is 9.55 Å². The molecule has 104 valence electrons. The van der Waals surface area contributed by atoms with Crippen molar-refractivity contribution in [1.29, 1.82) is 0 Å². The van der Waals surface area contributed by atoms with E-state index < -0.39 is 16.8 Å². The summed E-state index contributed by atoms with van der Waals surface area (Å²) in [7, 11) is 0. The summed E-state index contributed by atoms with van der Waals surface area (Å²) in [5, 5.41) is 20.1. The number of aryl methyl sites for hydroxylation is 1. The van der Waals surface area contributed by atoms with E-state index in [0.717, 1.165) is 0 Å². The summed E-state index contributed by atoms with van der Waals surface area (Å²) in [6.45, 7) is 4.96. The van der Waals surface area contributed by atoms with Gasteiger partial charge < -0.3 is 20.1 Å². The van der Waals surface area contributed by atoms with E-state index in [1.807, 2.05) is 6.92 Å². The molecule has 1 unspecified atom stereocenters. The van der Waals surface area contributed by atoms with E-state index in [4.69, 9.17) is 5.11 Å². The number of nitro groups is 1. The first-order chi connectivity index (χ1) is 8.95. The second kappa shape index (κ2) is 4.87. The van der Waals surface area contributed by atoms with Crippen LogP contribution in [-0.4, -0.2) is 38.6 Å². The summed E-state index contributed by atoms with van der Waals surface area (Å²) >= 11 is 0. The summed E-state index contributed by atoms with van der Waals surface area (Å²) in [6, 6.07) is 0. The predicted molar refractivity (Wildman–Crippen MR) is 67.2 cm³/mol. The van der Waals surface area contributed by atoms with Gasteiger partial charge in [-0.3, -0.25) is 9.36 Å². The SMILES string of the molecule is CCn1c(C)nc([N+](=O)[O-])c1N1CCC(C(=O)O)C1. The number of carboxylic acid groups (broad SMARTS) is 1. The van der Waals surface area contributed by atoms with Crippen LogP contribution in [0.4, 0.5) is 11.6 Å². The third-order valence-electron chi connectivity index (χ3n) is 3.44. The van der Waals surface area contributed by atoms with Crippen LogP contribution in [0.1, 0.15) is 19.2 Å². The van der Waals surface area contributed by atoms with Gasteiger partial charge in [-0.15, -0.1) is 0 Å². The molecule has 1 aromatic rings. The molecule has 19 heavy (non-hydrogen) atoms. The highest BCUT2D eigenvalue weighted by Gasteiger charge is 2.35. The van der Waals surface area contributed by atoms with Gasteiger partial charge in [0.1, 0.15) is 0 Å². The maximum atomic E-state index is 11.1. The molecule has 0 bridgehead atoms. The average Bonchev–Trinajstić information content (AvgIpc) is 2.92. The van der Waals surface area contributed by atoms with Crippen molar-refractivity contribution < 1.29 is 14.8 Å². The molecule has 0 saturated carbocycles. The molecular weight excluding hydrogens is 252 g/mol. The van der Waals surface area contributed by atoms with E-state index in [-0.39, 0.29) is 5.82 Å². The van der Waals surface area contributed by atoms with Crippen molar-refractivity contribution in [3.05, 3.63) is 15.9 Å². The lowest BCUT2D eigenvalue weighted by Crippen LogP contribution is -2.25. The lowest BCUT2D eigenvalue weighted by Gasteiger charge is -2.18. The minimum atomic E-state index is -0.857. The Morgan fingerprint density at radius 1 is 1.63 bits per heavy atom. The normalized spacial score (nSPS) is 18.8. The summed E-state index contributed by atoms with van der Waals surface area (Å²) in [5.41, 5.74) is 0. The first kappa shape index (κ1) is 13.3. The smallest absolute Gasteiger partial charge is 0.406 e. The van der Waals surface area contributed by atoms with Gasteiger partial charge in [0.2, 0.25) is 11.6 Å².